The minimum Gasteiger partial charge on any atom is -0.480 e. The van der Waals surface area contributed by atoms with Crippen LogP contribution < -0.4 is 0 Å². The number of carbonyl (C=O) groups excluding carboxylic acids is 1. The molecule has 28 heavy (non-hydrogen) atoms. The summed E-state index contributed by atoms with van der Waals surface area (Å²) in [6.07, 6.45) is 1.47. The highest BCUT2D eigenvalue weighted by Crippen LogP contribution is 2.36. The minimum absolute atomic E-state index is 0.0986. The highest BCUT2D eigenvalue weighted by Gasteiger charge is 2.40. The summed E-state index contributed by atoms with van der Waals surface area (Å²) in [4.78, 5) is 36.5. The van der Waals surface area contributed by atoms with Gasteiger partial charge < -0.3 is 5.11 Å². The lowest BCUT2D eigenvalue weighted by atomic mass is 10.0. The van der Waals surface area contributed by atoms with Gasteiger partial charge in [0.05, 0.1) is 15.4 Å². The summed E-state index contributed by atoms with van der Waals surface area (Å²) in [5.74, 6) is -1.75. The molecule has 7 nitrogen and oxygen atoms in total. The Kier molecular flexibility index (Phi) is 5.86. The molecule has 0 aromatic heterocycles. The fraction of sp³-hybridized carbons (Fsp3) is 0.105. The average Bonchev–Trinajstić information content (AvgIpc) is 2.94. The number of amides is 1. The van der Waals surface area contributed by atoms with Crippen LogP contribution in [0, 0.1) is 10.1 Å². The number of carboxylic acid groups (broad SMARTS) is 1. The van der Waals surface area contributed by atoms with Gasteiger partial charge in [0.15, 0.2) is 0 Å². The van der Waals surface area contributed by atoms with E-state index in [4.69, 9.17) is 12.2 Å². The topological polar surface area (TPSA) is 101 Å². The quantitative estimate of drug-likeness (QED) is 0.334. The van der Waals surface area contributed by atoms with Gasteiger partial charge in [0.1, 0.15) is 10.4 Å². The highest BCUT2D eigenvalue weighted by atomic mass is 32.2. The van der Waals surface area contributed by atoms with Gasteiger partial charge in [-0.2, -0.15) is 0 Å². The zero-order valence-corrected chi connectivity index (χ0v) is 16.0. The van der Waals surface area contributed by atoms with Crippen molar-refractivity contribution < 1.29 is 19.6 Å². The van der Waals surface area contributed by atoms with Crippen molar-refractivity contribution in [1.29, 1.82) is 0 Å². The van der Waals surface area contributed by atoms with Crippen molar-refractivity contribution in [2.45, 2.75) is 12.5 Å². The van der Waals surface area contributed by atoms with Gasteiger partial charge in [-0.05, 0) is 17.7 Å². The molecule has 1 saturated heterocycles. The van der Waals surface area contributed by atoms with Crippen molar-refractivity contribution in [1.82, 2.24) is 4.90 Å². The Morgan fingerprint density at radius 3 is 2.50 bits per heavy atom. The fourth-order valence-electron chi connectivity index (χ4n) is 2.79. The molecule has 142 valence electrons. The molecule has 2 aromatic carbocycles. The van der Waals surface area contributed by atoms with Crippen molar-refractivity contribution >= 4 is 51.9 Å². The van der Waals surface area contributed by atoms with E-state index in [9.17, 15) is 24.8 Å². The Labute approximate surface area is 169 Å². The molecule has 1 aliphatic rings. The number of hydrogen-bond acceptors (Lipinski definition) is 6. The molecular formula is C19H14N2O5S2. The van der Waals surface area contributed by atoms with E-state index in [0.29, 0.717) is 0 Å². The molecule has 2 aromatic rings. The smallest absolute Gasteiger partial charge is 0.327 e. The van der Waals surface area contributed by atoms with Crippen molar-refractivity contribution in [2.24, 2.45) is 0 Å². The molecule has 9 heteroatoms. The summed E-state index contributed by atoms with van der Waals surface area (Å²) in [7, 11) is 0. The zero-order valence-electron chi connectivity index (χ0n) is 14.3. The summed E-state index contributed by atoms with van der Waals surface area (Å²) < 4.78 is 0.109. The van der Waals surface area contributed by atoms with Crippen molar-refractivity contribution in [2.75, 3.05) is 0 Å². The predicted molar refractivity (Wildman–Crippen MR) is 110 cm³/mol. The summed E-state index contributed by atoms with van der Waals surface area (Å²) in [5.41, 5.74) is 0.862. The number of nitro groups is 1. The zero-order chi connectivity index (χ0) is 20.3. The number of hydrogen-bond donors (Lipinski definition) is 1. The first kappa shape index (κ1) is 19.7. The van der Waals surface area contributed by atoms with Gasteiger partial charge >= 0.3 is 5.97 Å². The normalized spacial score (nSPS) is 16.4. The molecule has 3 rings (SSSR count). The minimum atomic E-state index is -1.17. The maximum Gasteiger partial charge on any atom is 0.327 e. The second kappa shape index (κ2) is 8.32. The number of carbonyl (C=O) groups is 2. The summed E-state index contributed by atoms with van der Waals surface area (Å²) >= 11 is 6.17. The van der Waals surface area contributed by atoms with Crippen molar-refractivity contribution in [3.05, 3.63) is 80.7 Å². The lowest BCUT2D eigenvalue weighted by Gasteiger charge is -2.23. The number of benzene rings is 2. The number of para-hydroxylation sites is 1. The van der Waals surface area contributed by atoms with Gasteiger partial charge in [-0.25, -0.2) is 4.79 Å². The van der Waals surface area contributed by atoms with Crippen LogP contribution in [0.4, 0.5) is 5.69 Å². The van der Waals surface area contributed by atoms with Gasteiger partial charge in [0, 0.05) is 12.5 Å². The van der Waals surface area contributed by atoms with E-state index in [1.54, 1.807) is 30.3 Å². The number of nitrogens with zero attached hydrogens (tertiary/aromatic N) is 2. The summed E-state index contributed by atoms with van der Waals surface area (Å²) in [6.45, 7) is 0. The van der Waals surface area contributed by atoms with Crippen LogP contribution in [0.5, 0.6) is 0 Å². The Morgan fingerprint density at radius 2 is 1.86 bits per heavy atom. The molecular weight excluding hydrogens is 400 g/mol. The molecule has 0 unspecified atom stereocenters. The maximum absolute atomic E-state index is 12.9. The molecule has 0 spiro atoms. The van der Waals surface area contributed by atoms with Crippen LogP contribution in [-0.4, -0.2) is 37.2 Å². The molecule has 0 bridgehead atoms. The van der Waals surface area contributed by atoms with E-state index in [2.05, 4.69) is 0 Å². The second-order valence-electron chi connectivity index (χ2n) is 5.91. The lowest BCUT2D eigenvalue weighted by molar-refractivity contribution is -0.385. The Balaban J connectivity index is 1.92. The number of thiocarbonyl (C=S) groups is 1. The standard InChI is InChI=1S/C19H14N2O5S2/c22-17-16(11-13-8-4-5-9-14(13)21(25)26)28-19(27)20(17)15(18(23)24)10-12-6-2-1-3-7-12/h1-9,11,15H,10H2,(H,23,24)/b16-11-/t15-/m1/s1. The number of nitro benzene ring substituents is 1. The first-order valence-corrected chi connectivity index (χ1v) is 9.38. The van der Waals surface area contributed by atoms with Crippen LogP contribution in [0.25, 0.3) is 6.08 Å². The summed E-state index contributed by atoms with van der Waals surface area (Å²) in [5, 5.41) is 20.8. The SMILES string of the molecule is O=C(O)[C@@H](Cc1ccccc1)N1C(=O)/C(=C/c2ccccc2[N+](=O)[O-])SC1=S. The van der Waals surface area contributed by atoms with Crippen LogP contribution in [0.15, 0.2) is 59.5 Å². The molecule has 1 N–H and O–H groups in total. The molecule has 0 saturated carbocycles. The van der Waals surface area contributed by atoms with Gasteiger partial charge in [-0.3, -0.25) is 19.8 Å². The van der Waals surface area contributed by atoms with E-state index in [0.717, 1.165) is 22.2 Å². The molecule has 1 fully saturated rings. The van der Waals surface area contributed by atoms with E-state index in [-0.39, 0.29) is 26.9 Å². The van der Waals surface area contributed by atoms with Gasteiger partial charge in [0.25, 0.3) is 11.6 Å². The van der Waals surface area contributed by atoms with E-state index < -0.39 is 22.8 Å². The predicted octanol–water partition coefficient (Wildman–Crippen LogP) is 3.49. The first-order valence-electron chi connectivity index (χ1n) is 8.15. The van der Waals surface area contributed by atoms with Crippen LogP contribution in [0.2, 0.25) is 0 Å². The number of rotatable bonds is 6. The molecule has 1 amide bonds. The highest BCUT2D eigenvalue weighted by molar-refractivity contribution is 8.26. The maximum atomic E-state index is 12.9. The monoisotopic (exact) mass is 414 g/mol. The average molecular weight is 414 g/mol. The molecule has 1 aliphatic heterocycles. The largest absolute Gasteiger partial charge is 0.480 e. The number of aliphatic carboxylic acids is 1. The van der Waals surface area contributed by atoms with Crippen molar-refractivity contribution in [3.63, 3.8) is 0 Å². The van der Waals surface area contributed by atoms with Gasteiger partial charge in [-0.1, -0.05) is 66.4 Å². The third-order valence-corrected chi connectivity index (χ3v) is 5.44. The van der Waals surface area contributed by atoms with E-state index >= 15 is 0 Å². The van der Waals surface area contributed by atoms with Crippen LogP contribution in [0.1, 0.15) is 11.1 Å². The third-order valence-electron chi connectivity index (χ3n) is 4.11. The number of thioether (sulfide) groups is 1. The molecule has 1 heterocycles. The Hall–Kier alpha value is -3.04. The first-order chi connectivity index (χ1) is 13.4. The van der Waals surface area contributed by atoms with E-state index in [1.165, 1.54) is 24.3 Å². The van der Waals surface area contributed by atoms with Crippen molar-refractivity contribution in [3.8, 4) is 0 Å². The van der Waals surface area contributed by atoms with Crippen LogP contribution in [-0.2, 0) is 16.0 Å². The third kappa shape index (κ3) is 4.10. The second-order valence-corrected chi connectivity index (χ2v) is 7.59. The Bertz CT molecular complexity index is 991. The lowest BCUT2D eigenvalue weighted by Crippen LogP contribution is -2.45. The van der Waals surface area contributed by atoms with E-state index in [1.807, 2.05) is 6.07 Å². The fourth-order valence-corrected chi connectivity index (χ4v) is 4.14. The summed E-state index contributed by atoms with van der Waals surface area (Å²) in [6, 6.07) is 13.8. The van der Waals surface area contributed by atoms with Crippen LogP contribution >= 0.6 is 24.0 Å². The molecule has 1 atom stereocenters. The van der Waals surface area contributed by atoms with Gasteiger partial charge in [0.2, 0.25) is 0 Å². The van der Waals surface area contributed by atoms with Gasteiger partial charge in [-0.15, -0.1) is 0 Å². The number of carboxylic acids is 1. The Morgan fingerprint density at radius 1 is 1.21 bits per heavy atom. The molecule has 0 aliphatic carbocycles. The van der Waals surface area contributed by atoms with Crippen LogP contribution in [0.3, 0.4) is 0 Å². The molecule has 0 radical (unpaired) electrons.